The minimum absolute atomic E-state index is 0.112. The van der Waals surface area contributed by atoms with Gasteiger partial charge in [-0.1, -0.05) is 51.1 Å². The maximum absolute atomic E-state index is 6.33. The minimum Gasteiger partial charge on any atom is -0.325 e. The van der Waals surface area contributed by atoms with Crippen molar-refractivity contribution in [3.63, 3.8) is 0 Å². The fourth-order valence-electron chi connectivity index (χ4n) is 2.34. The van der Waals surface area contributed by atoms with Gasteiger partial charge in [-0.25, -0.2) is 0 Å². The van der Waals surface area contributed by atoms with Crippen LogP contribution in [0.15, 0.2) is 30.3 Å². The van der Waals surface area contributed by atoms with Crippen molar-refractivity contribution in [3.8, 4) is 0 Å². The second-order valence-electron chi connectivity index (χ2n) is 6.05. The van der Waals surface area contributed by atoms with Crippen molar-refractivity contribution in [2.24, 2.45) is 11.1 Å². The summed E-state index contributed by atoms with van der Waals surface area (Å²) in [6.07, 6.45) is 1.99. The zero-order valence-corrected chi connectivity index (χ0v) is 10.4. The third-order valence-electron chi connectivity index (χ3n) is 2.38. The zero-order valence-electron chi connectivity index (χ0n) is 10.4. The van der Waals surface area contributed by atoms with E-state index in [1.54, 1.807) is 0 Å². The smallest absolute Gasteiger partial charge is 0.0171 e. The van der Waals surface area contributed by atoms with Crippen LogP contribution < -0.4 is 5.73 Å². The van der Waals surface area contributed by atoms with Gasteiger partial charge in [0.15, 0.2) is 0 Å². The van der Waals surface area contributed by atoms with Crippen LogP contribution in [0.1, 0.15) is 39.7 Å². The van der Waals surface area contributed by atoms with Gasteiger partial charge in [-0.15, -0.1) is 0 Å². The lowest BCUT2D eigenvalue weighted by molar-refractivity contribution is 0.269. The molecule has 0 radical (unpaired) electrons. The summed E-state index contributed by atoms with van der Waals surface area (Å²) in [5, 5.41) is 0. The molecule has 0 bridgehead atoms. The number of rotatable bonds is 3. The Morgan fingerprint density at radius 1 is 1.00 bits per heavy atom. The van der Waals surface area contributed by atoms with Crippen LogP contribution in [-0.4, -0.2) is 5.54 Å². The molecule has 1 nitrogen and oxygen atoms in total. The van der Waals surface area contributed by atoms with E-state index in [9.17, 15) is 0 Å². The molecule has 0 saturated heterocycles. The monoisotopic (exact) mass is 205 g/mol. The Balaban J connectivity index is 2.65. The fourth-order valence-corrected chi connectivity index (χ4v) is 2.34. The van der Waals surface area contributed by atoms with Gasteiger partial charge < -0.3 is 5.73 Å². The Morgan fingerprint density at radius 2 is 1.53 bits per heavy atom. The molecule has 0 amide bonds. The minimum atomic E-state index is -0.112. The summed E-state index contributed by atoms with van der Waals surface area (Å²) < 4.78 is 0. The zero-order chi connectivity index (χ0) is 11.5. The van der Waals surface area contributed by atoms with Gasteiger partial charge in [-0.2, -0.15) is 0 Å². The van der Waals surface area contributed by atoms with Crippen molar-refractivity contribution in [1.82, 2.24) is 0 Å². The van der Waals surface area contributed by atoms with Gasteiger partial charge in [-0.3, -0.25) is 0 Å². The summed E-state index contributed by atoms with van der Waals surface area (Å²) in [6, 6.07) is 10.5. The van der Waals surface area contributed by atoms with Crippen LogP contribution in [0.4, 0.5) is 0 Å². The molecule has 0 aliphatic carbocycles. The first-order valence-electron chi connectivity index (χ1n) is 5.61. The van der Waals surface area contributed by atoms with Crippen LogP contribution in [0.25, 0.3) is 0 Å². The Labute approximate surface area is 93.7 Å². The Hall–Kier alpha value is -0.820. The highest BCUT2D eigenvalue weighted by Crippen LogP contribution is 2.27. The first-order chi connectivity index (χ1) is 6.79. The summed E-state index contributed by atoms with van der Waals surface area (Å²) in [5.74, 6) is 0. The summed E-state index contributed by atoms with van der Waals surface area (Å²) in [4.78, 5) is 0. The molecule has 0 heterocycles. The first kappa shape index (κ1) is 12.3. The number of nitrogens with two attached hydrogens (primary N) is 1. The first-order valence-corrected chi connectivity index (χ1v) is 5.61. The molecule has 1 heteroatoms. The van der Waals surface area contributed by atoms with E-state index in [2.05, 4.69) is 52.0 Å². The van der Waals surface area contributed by atoms with Crippen LogP contribution in [0.3, 0.4) is 0 Å². The Bertz CT molecular complexity index is 293. The van der Waals surface area contributed by atoms with E-state index < -0.39 is 0 Å². The van der Waals surface area contributed by atoms with E-state index in [1.165, 1.54) is 5.56 Å². The second kappa shape index (κ2) is 4.36. The highest BCUT2D eigenvalue weighted by Gasteiger charge is 2.25. The van der Waals surface area contributed by atoms with Crippen LogP contribution in [-0.2, 0) is 6.42 Å². The van der Waals surface area contributed by atoms with E-state index in [0.717, 1.165) is 12.8 Å². The van der Waals surface area contributed by atoms with Crippen molar-refractivity contribution < 1.29 is 0 Å². The van der Waals surface area contributed by atoms with Crippen molar-refractivity contribution in [2.45, 2.75) is 46.1 Å². The van der Waals surface area contributed by atoms with Gasteiger partial charge in [-0.05, 0) is 30.7 Å². The normalized spacial score (nSPS) is 16.1. The molecule has 2 N–H and O–H groups in total. The molecule has 0 aliphatic rings. The van der Waals surface area contributed by atoms with Gasteiger partial charge >= 0.3 is 0 Å². The molecule has 0 aliphatic heterocycles. The van der Waals surface area contributed by atoms with Crippen molar-refractivity contribution in [1.29, 1.82) is 0 Å². The second-order valence-corrected chi connectivity index (χ2v) is 6.05. The van der Waals surface area contributed by atoms with Crippen LogP contribution in [0.2, 0.25) is 0 Å². The number of hydrogen-bond acceptors (Lipinski definition) is 1. The van der Waals surface area contributed by atoms with Crippen molar-refractivity contribution in [2.75, 3.05) is 0 Å². The maximum Gasteiger partial charge on any atom is 0.0171 e. The number of hydrogen-bond donors (Lipinski definition) is 1. The third-order valence-corrected chi connectivity index (χ3v) is 2.38. The molecule has 0 spiro atoms. The summed E-state index contributed by atoms with van der Waals surface area (Å²) in [6.45, 7) is 8.86. The lowest BCUT2D eigenvalue weighted by Crippen LogP contribution is -2.42. The van der Waals surface area contributed by atoms with Gasteiger partial charge in [0.2, 0.25) is 0 Å². The van der Waals surface area contributed by atoms with Gasteiger partial charge in [0.05, 0.1) is 0 Å². The van der Waals surface area contributed by atoms with Gasteiger partial charge in [0.25, 0.3) is 0 Å². The Morgan fingerprint density at radius 3 is 2.00 bits per heavy atom. The standard InChI is InChI=1S/C14H23N/c1-13(2,3)11-14(4,15)10-12-8-6-5-7-9-12/h5-9H,10-11,15H2,1-4H3/t14-/m1/s1. The molecule has 1 rings (SSSR count). The lowest BCUT2D eigenvalue weighted by atomic mass is 9.78. The quantitative estimate of drug-likeness (QED) is 0.804. The van der Waals surface area contributed by atoms with E-state index in [0.29, 0.717) is 0 Å². The maximum atomic E-state index is 6.33. The highest BCUT2D eigenvalue weighted by atomic mass is 14.7. The largest absolute Gasteiger partial charge is 0.325 e. The predicted octanol–water partition coefficient (Wildman–Crippen LogP) is 3.38. The molecule has 0 unspecified atom stereocenters. The summed E-state index contributed by atoms with van der Waals surface area (Å²) in [5.41, 5.74) is 7.84. The molecule has 1 aromatic rings. The highest BCUT2D eigenvalue weighted by molar-refractivity contribution is 5.17. The van der Waals surface area contributed by atoms with Crippen LogP contribution in [0.5, 0.6) is 0 Å². The van der Waals surface area contributed by atoms with Crippen molar-refractivity contribution >= 4 is 0 Å². The molecule has 84 valence electrons. The molecule has 1 aromatic carbocycles. The topological polar surface area (TPSA) is 26.0 Å². The van der Waals surface area contributed by atoms with E-state index in [-0.39, 0.29) is 11.0 Å². The molecule has 15 heavy (non-hydrogen) atoms. The SMILES string of the molecule is CC(C)(C)C[C@](C)(N)Cc1ccccc1. The molecular formula is C14H23N. The average Bonchev–Trinajstić information content (AvgIpc) is 1.99. The Kier molecular flexibility index (Phi) is 3.56. The molecular weight excluding hydrogens is 182 g/mol. The molecule has 0 fully saturated rings. The van der Waals surface area contributed by atoms with Crippen LogP contribution in [0, 0.1) is 5.41 Å². The fraction of sp³-hybridized carbons (Fsp3) is 0.571. The van der Waals surface area contributed by atoms with Crippen LogP contribution >= 0.6 is 0 Å². The average molecular weight is 205 g/mol. The van der Waals surface area contributed by atoms with Gasteiger partial charge in [0, 0.05) is 5.54 Å². The number of benzene rings is 1. The molecule has 1 atom stereocenters. The van der Waals surface area contributed by atoms with E-state index in [1.807, 2.05) is 6.07 Å². The summed E-state index contributed by atoms with van der Waals surface area (Å²) in [7, 11) is 0. The van der Waals surface area contributed by atoms with E-state index in [4.69, 9.17) is 5.73 Å². The predicted molar refractivity (Wildman–Crippen MR) is 66.8 cm³/mol. The molecule has 0 saturated carbocycles. The lowest BCUT2D eigenvalue weighted by Gasteiger charge is -2.32. The van der Waals surface area contributed by atoms with Gasteiger partial charge in [0.1, 0.15) is 0 Å². The van der Waals surface area contributed by atoms with Crippen molar-refractivity contribution in [3.05, 3.63) is 35.9 Å². The summed E-state index contributed by atoms with van der Waals surface area (Å²) >= 11 is 0. The third kappa shape index (κ3) is 4.98. The molecule has 0 aromatic heterocycles. The van der Waals surface area contributed by atoms with E-state index >= 15 is 0 Å².